The van der Waals surface area contributed by atoms with Gasteiger partial charge in [0, 0.05) is 0 Å². The van der Waals surface area contributed by atoms with Crippen LogP contribution in [0.5, 0.6) is 5.75 Å². The van der Waals surface area contributed by atoms with Crippen molar-refractivity contribution < 1.29 is 14.3 Å². The Hall–Kier alpha value is -2.34. The van der Waals surface area contributed by atoms with Crippen molar-refractivity contribution in [3.05, 3.63) is 52.2 Å². The zero-order valence-corrected chi connectivity index (χ0v) is 14.8. The van der Waals surface area contributed by atoms with Gasteiger partial charge in [0.25, 0.3) is 11.8 Å². The van der Waals surface area contributed by atoms with Gasteiger partial charge in [-0.3, -0.25) is 20.4 Å². The second kappa shape index (κ2) is 8.67. The lowest BCUT2D eigenvalue weighted by molar-refractivity contribution is -0.123. The molecule has 0 radical (unpaired) electrons. The Morgan fingerprint density at radius 2 is 1.80 bits per heavy atom. The van der Waals surface area contributed by atoms with Crippen molar-refractivity contribution in [2.24, 2.45) is 0 Å². The van der Waals surface area contributed by atoms with Gasteiger partial charge in [-0.15, -0.1) is 11.3 Å². The minimum atomic E-state index is -0.402. The van der Waals surface area contributed by atoms with Crippen molar-refractivity contribution in [3.63, 3.8) is 0 Å². The molecule has 1 heterocycles. The van der Waals surface area contributed by atoms with Gasteiger partial charge in [-0.25, -0.2) is 0 Å². The van der Waals surface area contributed by atoms with Gasteiger partial charge in [0.05, 0.1) is 4.88 Å². The quantitative estimate of drug-likeness (QED) is 0.802. The average Bonchev–Trinajstić information content (AvgIpc) is 3.20. The summed E-state index contributed by atoms with van der Waals surface area (Å²) in [5, 5.41) is 1.80. The van der Waals surface area contributed by atoms with Crippen LogP contribution in [0, 0.1) is 0 Å². The third-order valence-corrected chi connectivity index (χ3v) is 5.26. The van der Waals surface area contributed by atoms with Crippen LogP contribution in [0.15, 0.2) is 41.8 Å². The van der Waals surface area contributed by atoms with Crippen molar-refractivity contribution in [3.8, 4) is 5.75 Å². The third kappa shape index (κ3) is 5.06. The summed E-state index contributed by atoms with van der Waals surface area (Å²) in [6.07, 6.45) is 6.47. The number of rotatable bonds is 5. The first kappa shape index (κ1) is 17.5. The van der Waals surface area contributed by atoms with Crippen molar-refractivity contribution in [1.82, 2.24) is 10.9 Å². The molecule has 0 atom stereocenters. The van der Waals surface area contributed by atoms with Crippen LogP contribution in [-0.2, 0) is 4.79 Å². The molecule has 0 saturated heterocycles. The number of carbonyl (C=O) groups excluding carboxylic acids is 2. The SMILES string of the molecule is O=C(COc1ccc(C2CCCCC2)cc1)NNC(=O)c1cccs1. The highest BCUT2D eigenvalue weighted by Crippen LogP contribution is 2.33. The highest BCUT2D eigenvalue weighted by atomic mass is 32.1. The van der Waals surface area contributed by atoms with Crippen molar-refractivity contribution in [2.75, 3.05) is 6.61 Å². The fourth-order valence-corrected chi connectivity index (χ4v) is 3.67. The molecule has 1 fully saturated rings. The van der Waals surface area contributed by atoms with E-state index in [-0.39, 0.29) is 12.5 Å². The van der Waals surface area contributed by atoms with Crippen LogP contribution in [0.2, 0.25) is 0 Å². The summed E-state index contributed by atoms with van der Waals surface area (Å²) >= 11 is 1.31. The standard InChI is InChI=1S/C19H22N2O3S/c22-18(20-21-19(23)17-7-4-12-25-17)13-24-16-10-8-15(9-11-16)14-5-2-1-3-6-14/h4,7-12,14H,1-3,5-6,13H2,(H,20,22)(H,21,23). The maximum absolute atomic E-state index is 11.8. The minimum Gasteiger partial charge on any atom is -0.484 e. The number of benzene rings is 1. The number of carbonyl (C=O) groups is 2. The van der Waals surface area contributed by atoms with E-state index in [1.54, 1.807) is 17.5 Å². The second-order valence-electron chi connectivity index (χ2n) is 6.17. The molecular formula is C19H22N2O3S. The smallest absolute Gasteiger partial charge is 0.279 e. The number of amides is 2. The van der Waals surface area contributed by atoms with E-state index >= 15 is 0 Å². The summed E-state index contributed by atoms with van der Waals surface area (Å²) in [5.41, 5.74) is 6.06. The molecule has 2 amide bonds. The first-order chi connectivity index (χ1) is 12.2. The van der Waals surface area contributed by atoms with Crippen LogP contribution in [-0.4, -0.2) is 18.4 Å². The molecule has 1 aromatic heterocycles. The largest absolute Gasteiger partial charge is 0.484 e. The van der Waals surface area contributed by atoms with Gasteiger partial charge in [-0.2, -0.15) is 0 Å². The van der Waals surface area contributed by atoms with E-state index in [1.165, 1.54) is 49.0 Å². The topological polar surface area (TPSA) is 67.4 Å². The molecule has 0 unspecified atom stereocenters. The molecule has 1 aliphatic rings. The number of ether oxygens (including phenoxy) is 1. The number of thiophene rings is 1. The van der Waals surface area contributed by atoms with E-state index in [9.17, 15) is 9.59 Å². The van der Waals surface area contributed by atoms with E-state index < -0.39 is 5.91 Å². The van der Waals surface area contributed by atoms with Gasteiger partial charge in [-0.1, -0.05) is 37.5 Å². The number of nitrogens with one attached hydrogen (secondary N) is 2. The Morgan fingerprint density at radius 3 is 2.48 bits per heavy atom. The van der Waals surface area contributed by atoms with Crippen LogP contribution >= 0.6 is 11.3 Å². The van der Waals surface area contributed by atoms with E-state index in [0.717, 1.165) is 0 Å². The predicted octanol–water partition coefficient (Wildman–Crippen LogP) is 3.64. The summed E-state index contributed by atoms with van der Waals surface area (Å²) < 4.78 is 5.47. The zero-order valence-electron chi connectivity index (χ0n) is 14.0. The fourth-order valence-electron chi connectivity index (χ4n) is 3.05. The van der Waals surface area contributed by atoms with Crippen LogP contribution in [0.4, 0.5) is 0 Å². The Kier molecular flexibility index (Phi) is 6.06. The highest BCUT2D eigenvalue weighted by molar-refractivity contribution is 7.12. The first-order valence-corrected chi connectivity index (χ1v) is 9.46. The van der Waals surface area contributed by atoms with Crippen LogP contribution in [0.1, 0.15) is 53.3 Å². The van der Waals surface area contributed by atoms with Gasteiger partial charge in [-0.05, 0) is 47.9 Å². The van der Waals surface area contributed by atoms with E-state index in [4.69, 9.17) is 4.74 Å². The molecule has 0 spiro atoms. The normalized spacial score (nSPS) is 14.7. The average molecular weight is 358 g/mol. The molecule has 6 heteroatoms. The number of hydrogen-bond acceptors (Lipinski definition) is 4. The lowest BCUT2D eigenvalue weighted by atomic mass is 9.84. The molecule has 25 heavy (non-hydrogen) atoms. The molecular weight excluding hydrogens is 336 g/mol. The fraction of sp³-hybridized carbons (Fsp3) is 0.368. The van der Waals surface area contributed by atoms with E-state index in [2.05, 4.69) is 23.0 Å². The van der Waals surface area contributed by atoms with Crippen LogP contribution in [0.3, 0.4) is 0 Å². The Morgan fingerprint density at radius 1 is 1.04 bits per heavy atom. The van der Waals surface area contributed by atoms with Gasteiger partial charge < -0.3 is 4.74 Å². The molecule has 1 aliphatic carbocycles. The summed E-state index contributed by atoms with van der Waals surface area (Å²) in [7, 11) is 0. The maximum Gasteiger partial charge on any atom is 0.279 e. The third-order valence-electron chi connectivity index (χ3n) is 4.39. The monoisotopic (exact) mass is 358 g/mol. The Balaban J connectivity index is 1.41. The molecule has 5 nitrogen and oxygen atoms in total. The highest BCUT2D eigenvalue weighted by Gasteiger charge is 2.15. The predicted molar refractivity (Wildman–Crippen MR) is 97.7 cm³/mol. The van der Waals surface area contributed by atoms with Crippen LogP contribution in [0.25, 0.3) is 0 Å². The Labute approximate surface area is 151 Å². The summed E-state index contributed by atoms with van der Waals surface area (Å²) in [6.45, 7) is -0.145. The number of hydrogen-bond donors (Lipinski definition) is 2. The van der Waals surface area contributed by atoms with E-state index in [1.807, 2.05) is 12.1 Å². The van der Waals surface area contributed by atoms with E-state index in [0.29, 0.717) is 16.5 Å². The molecule has 0 aliphatic heterocycles. The molecule has 3 rings (SSSR count). The summed E-state index contributed by atoms with van der Waals surface area (Å²) in [5.74, 6) is 0.569. The Bertz CT molecular complexity index is 692. The molecule has 1 saturated carbocycles. The minimum absolute atomic E-state index is 0.145. The van der Waals surface area contributed by atoms with Crippen molar-refractivity contribution in [2.45, 2.75) is 38.0 Å². The molecule has 2 aromatic rings. The maximum atomic E-state index is 11.8. The van der Waals surface area contributed by atoms with Gasteiger partial charge in [0.15, 0.2) is 6.61 Å². The summed E-state index contributed by atoms with van der Waals surface area (Å²) in [6, 6.07) is 11.4. The van der Waals surface area contributed by atoms with Crippen molar-refractivity contribution >= 4 is 23.2 Å². The molecule has 1 aromatic carbocycles. The van der Waals surface area contributed by atoms with Gasteiger partial charge in [0.1, 0.15) is 5.75 Å². The second-order valence-corrected chi connectivity index (χ2v) is 7.12. The zero-order chi connectivity index (χ0) is 17.5. The number of hydrazine groups is 1. The lowest BCUT2D eigenvalue weighted by Crippen LogP contribution is -2.43. The molecule has 2 N–H and O–H groups in total. The first-order valence-electron chi connectivity index (χ1n) is 8.58. The molecule has 132 valence electrons. The van der Waals surface area contributed by atoms with Gasteiger partial charge in [0.2, 0.25) is 0 Å². The molecule has 0 bridgehead atoms. The van der Waals surface area contributed by atoms with Gasteiger partial charge >= 0.3 is 0 Å². The summed E-state index contributed by atoms with van der Waals surface area (Å²) in [4.78, 5) is 24.0. The lowest BCUT2D eigenvalue weighted by Gasteiger charge is -2.22. The van der Waals surface area contributed by atoms with Crippen molar-refractivity contribution in [1.29, 1.82) is 0 Å². The van der Waals surface area contributed by atoms with Crippen LogP contribution < -0.4 is 15.6 Å².